The maximum Gasteiger partial charge on any atom is 0.235 e. The van der Waals surface area contributed by atoms with Gasteiger partial charge in [0.1, 0.15) is 6.61 Å². The molecule has 0 fully saturated rings. The number of nitrogens with one attached hydrogen (secondary N) is 2. The van der Waals surface area contributed by atoms with Gasteiger partial charge >= 0.3 is 0 Å². The van der Waals surface area contributed by atoms with Crippen molar-refractivity contribution >= 4 is 35.1 Å². The van der Waals surface area contributed by atoms with Crippen LogP contribution in [0.1, 0.15) is 27.6 Å². The molecular formula is C21H20ClN3O3S. The van der Waals surface area contributed by atoms with E-state index in [9.17, 15) is 4.79 Å². The highest BCUT2D eigenvalue weighted by Gasteiger charge is 2.28. The summed E-state index contributed by atoms with van der Waals surface area (Å²) in [6, 6.07) is 13.4. The van der Waals surface area contributed by atoms with Gasteiger partial charge in [-0.2, -0.15) is 5.10 Å². The Labute approximate surface area is 177 Å². The van der Waals surface area contributed by atoms with E-state index in [1.807, 2.05) is 49.4 Å². The van der Waals surface area contributed by atoms with Gasteiger partial charge in [0.25, 0.3) is 0 Å². The molecule has 4 rings (SSSR count). The molecule has 0 saturated heterocycles. The molecule has 3 aromatic rings. The van der Waals surface area contributed by atoms with Crippen molar-refractivity contribution in [3.63, 3.8) is 0 Å². The molecule has 0 saturated carbocycles. The number of halogens is 1. The predicted octanol–water partition coefficient (Wildman–Crippen LogP) is 4.73. The molecule has 1 aliphatic heterocycles. The van der Waals surface area contributed by atoms with E-state index in [-0.39, 0.29) is 11.2 Å². The van der Waals surface area contributed by atoms with E-state index in [1.165, 1.54) is 0 Å². The largest absolute Gasteiger partial charge is 0.493 e. The first-order valence-corrected chi connectivity index (χ1v) is 10.5. The van der Waals surface area contributed by atoms with Crippen LogP contribution in [0.3, 0.4) is 0 Å². The van der Waals surface area contributed by atoms with Crippen LogP contribution in [0.15, 0.2) is 42.5 Å². The van der Waals surface area contributed by atoms with Gasteiger partial charge in [0, 0.05) is 16.3 Å². The molecule has 1 aromatic heterocycles. The van der Waals surface area contributed by atoms with Crippen LogP contribution in [0, 0.1) is 6.92 Å². The number of ether oxygens (including phenoxy) is 2. The normalized spacial score (nSPS) is 16.0. The number of nitrogens with zero attached hydrogens (tertiary/aromatic N) is 1. The molecule has 2 N–H and O–H groups in total. The molecule has 2 aromatic carbocycles. The number of thioether (sulfide) groups is 1. The van der Waals surface area contributed by atoms with Crippen molar-refractivity contribution in [2.24, 2.45) is 0 Å². The van der Waals surface area contributed by atoms with Crippen molar-refractivity contribution < 1.29 is 14.3 Å². The highest BCUT2D eigenvalue weighted by atomic mass is 35.5. The van der Waals surface area contributed by atoms with Gasteiger partial charge in [-0.1, -0.05) is 29.8 Å². The fourth-order valence-electron chi connectivity index (χ4n) is 3.24. The minimum absolute atomic E-state index is 0.0399. The van der Waals surface area contributed by atoms with Crippen LogP contribution in [0.2, 0.25) is 5.02 Å². The topological polar surface area (TPSA) is 76.2 Å². The van der Waals surface area contributed by atoms with E-state index in [2.05, 4.69) is 15.5 Å². The number of anilines is 1. The number of carbonyl (C=O) groups is 1. The number of carbonyl (C=O) groups excluding carboxylic acids is 1. The number of H-pyrrole nitrogens is 1. The molecular weight excluding hydrogens is 410 g/mol. The smallest absolute Gasteiger partial charge is 0.235 e. The second kappa shape index (κ2) is 8.39. The van der Waals surface area contributed by atoms with Crippen LogP contribution < -0.4 is 14.8 Å². The zero-order chi connectivity index (χ0) is 20.4. The second-order valence-corrected chi connectivity index (χ2v) is 8.21. The zero-order valence-electron chi connectivity index (χ0n) is 16.0. The monoisotopic (exact) mass is 429 g/mol. The molecule has 1 atom stereocenters. The molecule has 0 unspecified atom stereocenters. The van der Waals surface area contributed by atoms with Crippen molar-refractivity contribution in [3.05, 3.63) is 69.9 Å². The molecule has 1 amide bonds. The number of fused-ring (bicyclic) bond motifs is 1. The predicted molar refractivity (Wildman–Crippen MR) is 115 cm³/mol. The number of hydrogen-bond acceptors (Lipinski definition) is 5. The lowest BCUT2D eigenvalue weighted by molar-refractivity contribution is -0.113. The lowest BCUT2D eigenvalue weighted by Crippen LogP contribution is -2.12. The maximum absolute atomic E-state index is 12.0. The first-order chi connectivity index (χ1) is 14.0. The molecule has 150 valence electrons. The molecule has 2 heterocycles. The van der Waals surface area contributed by atoms with Crippen LogP contribution in [0.5, 0.6) is 11.5 Å². The lowest BCUT2D eigenvalue weighted by atomic mass is 10.0. The Hall–Kier alpha value is -2.64. The third kappa shape index (κ3) is 4.21. The summed E-state index contributed by atoms with van der Waals surface area (Å²) < 4.78 is 11.5. The third-order valence-corrected chi connectivity index (χ3v) is 6.22. The SMILES string of the molecule is COc1cc([C@@H]2SCC(=O)Nc3n[nH]c(C)c32)ccc1OCc1ccc(Cl)cc1. The number of hydrogen-bond donors (Lipinski definition) is 2. The molecule has 1 aliphatic rings. The van der Waals surface area contributed by atoms with E-state index in [1.54, 1.807) is 18.9 Å². The molecule has 0 spiro atoms. The van der Waals surface area contributed by atoms with Gasteiger partial charge < -0.3 is 14.8 Å². The number of aromatic nitrogens is 2. The highest BCUT2D eigenvalue weighted by molar-refractivity contribution is 8.00. The van der Waals surface area contributed by atoms with Gasteiger partial charge in [-0.25, -0.2) is 0 Å². The van der Waals surface area contributed by atoms with Gasteiger partial charge in [-0.15, -0.1) is 11.8 Å². The Bertz CT molecular complexity index is 1040. The molecule has 0 aliphatic carbocycles. The number of aryl methyl sites for hydroxylation is 1. The van der Waals surface area contributed by atoms with E-state index in [4.69, 9.17) is 21.1 Å². The van der Waals surface area contributed by atoms with E-state index < -0.39 is 0 Å². The average molecular weight is 430 g/mol. The van der Waals surface area contributed by atoms with Crippen LogP contribution >= 0.6 is 23.4 Å². The molecule has 8 heteroatoms. The number of benzene rings is 2. The van der Waals surface area contributed by atoms with Crippen LogP contribution in [0.4, 0.5) is 5.82 Å². The maximum atomic E-state index is 12.0. The summed E-state index contributed by atoms with van der Waals surface area (Å²) in [7, 11) is 1.62. The third-order valence-electron chi connectivity index (χ3n) is 4.69. The van der Waals surface area contributed by atoms with Gasteiger partial charge in [0.15, 0.2) is 17.3 Å². The summed E-state index contributed by atoms with van der Waals surface area (Å²) in [6.07, 6.45) is 0. The van der Waals surface area contributed by atoms with E-state index >= 15 is 0 Å². The van der Waals surface area contributed by atoms with Gasteiger partial charge in [-0.3, -0.25) is 9.89 Å². The van der Waals surface area contributed by atoms with Crippen molar-refractivity contribution in [1.82, 2.24) is 10.2 Å². The Balaban J connectivity index is 1.60. The zero-order valence-corrected chi connectivity index (χ0v) is 17.6. The molecule has 29 heavy (non-hydrogen) atoms. The van der Waals surface area contributed by atoms with Crippen LogP contribution in [-0.4, -0.2) is 29.0 Å². The van der Waals surface area contributed by atoms with Crippen molar-refractivity contribution in [2.75, 3.05) is 18.2 Å². The first-order valence-electron chi connectivity index (χ1n) is 9.06. The number of rotatable bonds is 5. The van der Waals surface area contributed by atoms with Crippen molar-refractivity contribution in [3.8, 4) is 11.5 Å². The first kappa shape index (κ1) is 19.7. The Morgan fingerprint density at radius 1 is 1.21 bits per heavy atom. The number of amides is 1. The fraction of sp³-hybridized carbons (Fsp3) is 0.238. The minimum atomic E-state index is -0.0554. The van der Waals surface area contributed by atoms with Crippen LogP contribution in [0.25, 0.3) is 0 Å². The van der Waals surface area contributed by atoms with Crippen LogP contribution in [-0.2, 0) is 11.4 Å². The van der Waals surface area contributed by atoms with Gasteiger partial charge in [-0.05, 0) is 42.3 Å². The van der Waals surface area contributed by atoms with Crippen molar-refractivity contribution in [1.29, 1.82) is 0 Å². The van der Waals surface area contributed by atoms with Gasteiger partial charge in [0.05, 0.1) is 18.1 Å². The summed E-state index contributed by atoms with van der Waals surface area (Å²) in [5.41, 5.74) is 3.95. The minimum Gasteiger partial charge on any atom is -0.493 e. The summed E-state index contributed by atoms with van der Waals surface area (Å²) >= 11 is 7.49. The molecule has 6 nitrogen and oxygen atoms in total. The Kier molecular flexibility index (Phi) is 5.69. The molecule has 0 radical (unpaired) electrons. The number of aromatic amines is 1. The lowest BCUT2D eigenvalue weighted by Gasteiger charge is -2.18. The quantitative estimate of drug-likeness (QED) is 0.613. The van der Waals surface area contributed by atoms with E-state index in [0.717, 1.165) is 22.4 Å². The summed E-state index contributed by atoms with van der Waals surface area (Å²) in [6.45, 7) is 2.37. The van der Waals surface area contributed by atoms with Gasteiger partial charge in [0.2, 0.25) is 5.91 Å². The fourth-order valence-corrected chi connectivity index (χ4v) is 4.55. The highest BCUT2D eigenvalue weighted by Crippen LogP contribution is 2.44. The average Bonchev–Trinajstić information content (AvgIpc) is 2.98. The standard InChI is InChI=1S/C21H20ClN3O3S/c1-12-19-20(29-11-18(26)23-21(19)25-24-12)14-5-8-16(17(9-14)27-2)28-10-13-3-6-15(22)7-4-13/h3-9,20H,10-11H2,1-2H3,(H2,23,24,25,26)/t20-/m0/s1. The summed E-state index contributed by atoms with van der Waals surface area (Å²) in [5, 5.41) is 10.7. The number of methoxy groups -OCH3 is 1. The Morgan fingerprint density at radius 2 is 2.00 bits per heavy atom. The molecule has 0 bridgehead atoms. The Morgan fingerprint density at radius 3 is 2.76 bits per heavy atom. The van der Waals surface area contributed by atoms with Crippen molar-refractivity contribution in [2.45, 2.75) is 18.8 Å². The second-order valence-electron chi connectivity index (χ2n) is 6.68. The summed E-state index contributed by atoms with van der Waals surface area (Å²) in [4.78, 5) is 12.0. The van der Waals surface area contributed by atoms with E-state index in [0.29, 0.717) is 34.7 Å². The summed E-state index contributed by atoms with van der Waals surface area (Å²) in [5.74, 6) is 2.19.